The SMILES string of the molecule is CCC(C)C(NC(=O)CCN1C(=O)/C(=C\c2ccc(C)cc2)SC1=S)C(=O)O. The number of nitrogens with one attached hydrogen (secondary N) is 1. The number of amides is 2. The topological polar surface area (TPSA) is 86.7 Å². The van der Waals surface area contributed by atoms with Gasteiger partial charge in [0, 0.05) is 13.0 Å². The van der Waals surface area contributed by atoms with Gasteiger partial charge < -0.3 is 10.4 Å². The van der Waals surface area contributed by atoms with Crippen molar-refractivity contribution < 1.29 is 19.5 Å². The highest BCUT2D eigenvalue weighted by Crippen LogP contribution is 2.32. The van der Waals surface area contributed by atoms with Crippen LogP contribution in [-0.4, -0.2) is 44.7 Å². The largest absolute Gasteiger partial charge is 0.480 e. The van der Waals surface area contributed by atoms with Crippen LogP contribution in [-0.2, 0) is 14.4 Å². The molecule has 1 aromatic carbocycles. The number of carbonyl (C=O) groups excluding carboxylic acids is 2. The lowest BCUT2D eigenvalue weighted by Gasteiger charge is -2.21. The van der Waals surface area contributed by atoms with Gasteiger partial charge in [-0.1, -0.05) is 74.1 Å². The second-order valence-corrected chi connectivity index (χ2v) is 8.44. The number of rotatable bonds is 8. The van der Waals surface area contributed by atoms with E-state index in [2.05, 4.69) is 5.32 Å². The molecule has 2 rings (SSSR count). The lowest BCUT2D eigenvalue weighted by Crippen LogP contribution is -2.46. The molecule has 2 atom stereocenters. The summed E-state index contributed by atoms with van der Waals surface area (Å²) in [7, 11) is 0. The monoisotopic (exact) mass is 420 g/mol. The third kappa shape index (κ3) is 5.65. The van der Waals surface area contributed by atoms with Crippen molar-refractivity contribution >= 4 is 52.2 Å². The first-order chi connectivity index (χ1) is 13.2. The molecule has 0 aliphatic carbocycles. The maximum Gasteiger partial charge on any atom is 0.326 e. The summed E-state index contributed by atoms with van der Waals surface area (Å²) in [5.41, 5.74) is 2.04. The van der Waals surface area contributed by atoms with Crippen molar-refractivity contribution in [1.29, 1.82) is 0 Å². The number of thioether (sulfide) groups is 1. The first-order valence-electron chi connectivity index (χ1n) is 9.07. The summed E-state index contributed by atoms with van der Waals surface area (Å²) in [5, 5.41) is 11.8. The van der Waals surface area contributed by atoms with Gasteiger partial charge in [-0.05, 0) is 24.5 Å². The Bertz CT molecular complexity index is 805. The fraction of sp³-hybridized carbons (Fsp3) is 0.400. The van der Waals surface area contributed by atoms with Gasteiger partial charge in [-0.15, -0.1) is 0 Å². The molecule has 0 aromatic heterocycles. The number of hydrogen-bond acceptors (Lipinski definition) is 5. The van der Waals surface area contributed by atoms with Gasteiger partial charge >= 0.3 is 5.97 Å². The number of hydrogen-bond donors (Lipinski definition) is 2. The molecular weight excluding hydrogens is 396 g/mol. The van der Waals surface area contributed by atoms with Gasteiger partial charge in [-0.3, -0.25) is 14.5 Å². The second kappa shape index (κ2) is 9.84. The third-order valence-electron chi connectivity index (χ3n) is 4.61. The van der Waals surface area contributed by atoms with Crippen molar-refractivity contribution in [2.45, 2.75) is 39.7 Å². The van der Waals surface area contributed by atoms with Crippen LogP contribution in [0.4, 0.5) is 0 Å². The number of carboxylic acid groups (broad SMARTS) is 1. The standard InChI is InChI=1S/C20H24N2O4S2/c1-4-13(3)17(19(25)26)21-16(23)9-10-22-18(24)15(28-20(22)27)11-14-7-5-12(2)6-8-14/h5-8,11,13,17H,4,9-10H2,1-3H3,(H,21,23)(H,25,26)/b15-11+. The number of nitrogens with zero attached hydrogens (tertiary/aromatic N) is 1. The van der Waals surface area contributed by atoms with Gasteiger partial charge in [0.1, 0.15) is 10.4 Å². The van der Waals surface area contributed by atoms with Crippen molar-refractivity contribution in [2.75, 3.05) is 6.54 Å². The summed E-state index contributed by atoms with van der Waals surface area (Å²) in [4.78, 5) is 38.0. The molecule has 1 fully saturated rings. The van der Waals surface area contributed by atoms with Gasteiger partial charge in [0.2, 0.25) is 5.91 Å². The maximum atomic E-state index is 12.6. The number of aliphatic carboxylic acids is 1. The molecule has 0 saturated carbocycles. The highest BCUT2D eigenvalue weighted by Gasteiger charge is 2.32. The Balaban J connectivity index is 1.98. The molecule has 0 spiro atoms. The predicted molar refractivity (Wildman–Crippen MR) is 115 cm³/mol. The molecule has 0 radical (unpaired) electrons. The zero-order valence-electron chi connectivity index (χ0n) is 16.1. The van der Waals surface area contributed by atoms with Crippen LogP contribution in [0.25, 0.3) is 6.08 Å². The molecule has 1 aliphatic rings. The number of carboxylic acids is 1. The average Bonchev–Trinajstić information content (AvgIpc) is 2.92. The molecule has 1 saturated heterocycles. The lowest BCUT2D eigenvalue weighted by molar-refractivity contribution is -0.143. The molecule has 8 heteroatoms. The van der Waals surface area contributed by atoms with E-state index in [1.807, 2.05) is 38.1 Å². The molecule has 2 amide bonds. The summed E-state index contributed by atoms with van der Waals surface area (Å²) < 4.78 is 0.396. The highest BCUT2D eigenvalue weighted by molar-refractivity contribution is 8.26. The lowest BCUT2D eigenvalue weighted by atomic mass is 9.99. The Labute approximate surface area is 174 Å². The predicted octanol–water partition coefficient (Wildman–Crippen LogP) is 3.20. The van der Waals surface area contributed by atoms with E-state index in [0.717, 1.165) is 11.1 Å². The zero-order chi connectivity index (χ0) is 20.8. The van der Waals surface area contributed by atoms with E-state index in [1.54, 1.807) is 13.0 Å². The van der Waals surface area contributed by atoms with Crippen molar-refractivity contribution in [1.82, 2.24) is 10.2 Å². The molecule has 28 heavy (non-hydrogen) atoms. The van der Waals surface area contributed by atoms with Crippen molar-refractivity contribution in [3.8, 4) is 0 Å². The van der Waals surface area contributed by atoms with E-state index in [0.29, 0.717) is 15.6 Å². The first kappa shape index (κ1) is 22.1. The van der Waals surface area contributed by atoms with Crippen molar-refractivity contribution in [2.24, 2.45) is 5.92 Å². The Morgan fingerprint density at radius 3 is 2.54 bits per heavy atom. The summed E-state index contributed by atoms with van der Waals surface area (Å²) in [6.07, 6.45) is 2.41. The van der Waals surface area contributed by atoms with Crippen LogP contribution in [0.5, 0.6) is 0 Å². The van der Waals surface area contributed by atoms with Gasteiger partial charge in [0.15, 0.2) is 0 Å². The minimum atomic E-state index is -1.06. The number of thiocarbonyl (C=S) groups is 1. The van der Waals surface area contributed by atoms with Crippen LogP contribution in [0.2, 0.25) is 0 Å². The third-order valence-corrected chi connectivity index (χ3v) is 5.98. The fourth-order valence-corrected chi connectivity index (χ4v) is 3.96. The number of benzene rings is 1. The normalized spacial score (nSPS) is 17.7. The Morgan fingerprint density at radius 2 is 1.96 bits per heavy atom. The van der Waals surface area contributed by atoms with E-state index in [-0.39, 0.29) is 24.8 Å². The van der Waals surface area contributed by atoms with Crippen molar-refractivity contribution in [3.63, 3.8) is 0 Å². The Kier molecular flexibility index (Phi) is 7.77. The summed E-state index contributed by atoms with van der Waals surface area (Å²) in [5.74, 6) is -1.89. The second-order valence-electron chi connectivity index (χ2n) is 6.76. The molecule has 1 heterocycles. The quantitative estimate of drug-likeness (QED) is 0.496. The molecule has 2 unspecified atom stereocenters. The maximum absolute atomic E-state index is 12.6. The minimum absolute atomic E-state index is 0.00946. The van der Waals surface area contributed by atoms with Crippen LogP contribution in [0.15, 0.2) is 29.2 Å². The Morgan fingerprint density at radius 1 is 1.32 bits per heavy atom. The van der Waals surface area contributed by atoms with E-state index < -0.39 is 17.9 Å². The number of carbonyl (C=O) groups is 3. The Hall–Kier alpha value is -2.19. The van der Waals surface area contributed by atoms with Crippen LogP contribution in [0.3, 0.4) is 0 Å². The van der Waals surface area contributed by atoms with Crippen LogP contribution in [0, 0.1) is 12.8 Å². The highest BCUT2D eigenvalue weighted by atomic mass is 32.2. The van der Waals surface area contributed by atoms with Crippen LogP contribution < -0.4 is 5.32 Å². The van der Waals surface area contributed by atoms with Gasteiger partial charge in [-0.2, -0.15) is 0 Å². The van der Waals surface area contributed by atoms with Gasteiger partial charge in [-0.25, -0.2) is 4.79 Å². The van der Waals surface area contributed by atoms with Crippen LogP contribution >= 0.6 is 24.0 Å². The number of aryl methyl sites for hydroxylation is 1. The van der Waals surface area contributed by atoms with Gasteiger partial charge in [0.05, 0.1) is 4.91 Å². The minimum Gasteiger partial charge on any atom is -0.480 e. The molecule has 1 aromatic rings. The first-order valence-corrected chi connectivity index (χ1v) is 10.3. The van der Waals surface area contributed by atoms with E-state index >= 15 is 0 Å². The zero-order valence-corrected chi connectivity index (χ0v) is 17.7. The van der Waals surface area contributed by atoms with Crippen LogP contribution in [0.1, 0.15) is 37.8 Å². The van der Waals surface area contributed by atoms with Gasteiger partial charge in [0.25, 0.3) is 5.91 Å². The smallest absolute Gasteiger partial charge is 0.326 e. The van der Waals surface area contributed by atoms with E-state index in [9.17, 15) is 19.5 Å². The fourth-order valence-electron chi connectivity index (χ4n) is 2.65. The summed E-state index contributed by atoms with van der Waals surface area (Å²) in [6.45, 7) is 5.75. The summed E-state index contributed by atoms with van der Waals surface area (Å²) in [6, 6.07) is 6.84. The molecule has 6 nitrogen and oxygen atoms in total. The molecule has 1 aliphatic heterocycles. The molecule has 150 valence electrons. The average molecular weight is 421 g/mol. The molecule has 2 N–H and O–H groups in total. The van der Waals surface area contributed by atoms with E-state index in [1.165, 1.54) is 16.7 Å². The van der Waals surface area contributed by atoms with E-state index in [4.69, 9.17) is 12.2 Å². The molecule has 0 bridgehead atoms. The molecular formula is C20H24N2O4S2. The van der Waals surface area contributed by atoms with Crippen molar-refractivity contribution in [3.05, 3.63) is 40.3 Å². The summed E-state index contributed by atoms with van der Waals surface area (Å²) >= 11 is 6.48.